The zero-order valence-electron chi connectivity index (χ0n) is 14.2. The number of hydrogen-bond acceptors (Lipinski definition) is 5. The van der Waals surface area contributed by atoms with E-state index in [4.69, 9.17) is 14.7 Å². The lowest BCUT2D eigenvalue weighted by Gasteiger charge is -2.13. The summed E-state index contributed by atoms with van der Waals surface area (Å²) in [5.41, 5.74) is 2.25. The predicted molar refractivity (Wildman–Crippen MR) is 94.6 cm³/mol. The highest BCUT2D eigenvalue weighted by molar-refractivity contribution is 5.74. The number of carbonyl (C=O) groups excluding carboxylic acids is 1. The van der Waals surface area contributed by atoms with Crippen LogP contribution in [0.4, 0.5) is 0 Å². The molecule has 130 valence electrons. The quantitative estimate of drug-likeness (QED) is 0.640. The minimum atomic E-state index is -0.757. The Morgan fingerprint density at radius 2 is 1.92 bits per heavy atom. The summed E-state index contributed by atoms with van der Waals surface area (Å²) in [4.78, 5) is 12.1. The van der Waals surface area contributed by atoms with Gasteiger partial charge < -0.3 is 9.47 Å². The molecule has 0 N–H and O–H groups in total. The number of esters is 1. The van der Waals surface area contributed by atoms with E-state index in [0.717, 1.165) is 11.3 Å². The van der Waals surface area contributed by atoms with Crippen LogP contribution in [0.1, 0.15) is 18.1 Å². The van der Waals surface area contributed by atoms with Crippen molar-refractivity contribution in [2.75, 3.05) is 0 Å². The van der Waals surface area contributed by atoms with Crippen molar-refractivity contribution in [1.82, 2.24) is 9.78 Å². The molecule has 3 rings (SSSR count). The monoisotopic (exact) mass is 347 g/mol. The molecule has 0 saturated carbocycles. The fraction of sp³-hybridized carbons (Fsp3) is 0.150. The summed E-state index contributed by atoms with van der Waals surface area (Å²) in [5.74, 6) is 0.0344. The van der Waals surface area contributed by atoms with Crippen LogP contribution in [-0.4, -0.2) is 21.9 Å². The van der Waals surface area contributed by atoms with Crippen LogP contribution in [0.15, 0.2) is 67.0 Å². The molecule has 0 spiro atoms. The Balaban J connectivity index is 1.53. The van der Waals surface area contributed by atoms with Gasteiger partial charge in [-0.15, -0.1) is 0 Å². The van der Waals surface area contributed by atoms with Crippen molar-refractivity contribution in [3.8, 4) is 17.5 Å². The Hall–Kier alpha value is -3.59. The van der Waals surface area contributed by atoms with Crippen LogP contribution in [0.3, 0.4) is 0 Å². The molecule has 0 amide bonds. The van der Waals surface area contributed by atoms with Crippen LogP contribution in [0.5, 0.6) is 5.75 Å². The van der Waals surface area contributed by atoms with Crippen molar-refractivity contribution in [2.24, 2.45) is 0 Å². The molecule has 2 aromatic carbocycles. The lowest BCUT2D eigenvalue weighted by molar-refractivity contribution is -0.152. The second-order valence-corrected chi connectivity index (χ2v) is 5.63. The van der Waals surface area contributed by atoms with Gasteiger partial charge in [0.1, 0.15) is 12.4 Å². The molecule has 0 saturated heterocycles. The SMILES string of the molecule is C[C@@H](Oc1ccc(C#N)cc1)C(=O)OCc1cnn(-c2ccccc2)c1. The molecule has 0 aliphatic carbocycles. The number of hydrogen-bond donors (Lipinski definition) is 0. The van der Waals surface area contributed by atoms with Crippen molar-refractivity contribution in [3.63, 3.8) is 0 Å². The molecule has 0 aliphatic rings. The summed E-state index contributed by atoms with van der Waals surface area (Å²) in [7, 11) is 0. The van der Waals surface area contributed by atoms with Crippen molar-refractivity contribution < 1.29 is 14.3 Å². The Morgan fingerprint density at radius 3 is 2.62 bits per heavy atom. The smallest absolute Gasteiger partial charge is 0.347 e. The highest BCUT2D eigenvalue weighted by Gasteiger charge is 2.17. The van der Waals surface area contributed by atoms with Crippen LogP contribution in [-0.2, 0) is 16.1 Å². The average Bonchev–Trinajstić information content (AvgIpc) is 3.16. The number of nitriles is 1. The number of benzene rings is 2. The largest absolute Gasteiger partial charge is 0.479 e. The maximum absolute atomic E-state index is 12.1. The first kappa shape index (κ1) is 17.2. The van der Waals surface area contributed by atoms with Gasteiger partial charge in [0.25, 0.3) is 0 Å². The Morgan fingerprint density at radius 1 is 1.19 bits per heavy atom. The van der Waals surface area contributed by atoms with Gasteiger partial charge in [-0.1, -0.05) is 18.2 Å². The molecule has 1 aromatic heterocycles. The van der Waals surface area contributed by atoms with E-state index < -0.39 is 12.1 Å². The van der Waals surface area contributed by atoms with E-state index in [-0.39, 0.29) is 6.61 Å². The summed E-state index contributed by atoms with van der Waals surface area (Å²) >= 11 is 0. The highest BCUT2D eigenvalue weighted by Crippen LogP contribution is 2.14. The average molecular weight is 347 g/mol. The second kappa shape index (κ2) is 7.99. The normalized spacial score (nSPS) is 11.4. The molecule has 6 nitrogen and oxygen atoms in total. The highest BCUT2D eigenvalue weighted by atomic mass is 16.6. The van der Waals surface area contributed by atoms with Crippen molar-refractivity contribution in [2.45, 2.75) is 19.6 Å². The fourth-order valence-electron chi connectivity index (χ4n) is 2.29. The predicted octanol–water partition coefficient (Wildman–Crippen LogP) is 3.25. The molecule has 26 heavy (non-hydrogen) atoms. The molecule has 0 radical (unpaired) electrons. The van der Waals surface area contributed by atoms with Gasteiger partial charge in [-0.05, 0) is 43.3 Å². The van der Waals surface area contributed by atoms with E-state index in [1.807, 2.05) is 42.6 Å². The van der Waals surface area contributed by atoms with Crippen molar-refractivity contribution in [1.29, 1.82) is 5.26 Å². The molecule has 1 heterocycles. The first-order chi connectivity index (χ1) is 12.7. The number of nitrogens with zero attached hydrogens (tertiary/aromatic N) is 3. The van der Waals surface area contributed by atoms with Gasteiger partial charge in [-0.25, -0.2) is 9.48 Å². The van der Waals surface area contributed by atoms with Crippen LogP contribution >= 0.6 is 0 Å². The second-order valence-electron chi connectivity index (χ2n) is 5.63. The molecule has 1 atom stereocenters. The maximum atomic E-state index is 12.1. The van der Waals surface area contributed by atoms with Crippen LogP contribution < -0.4 is 4.74 Å². The summed E-state index contributed by atoms with van der Waals surface area (Å²) in [6.07, 6.45) is 2.72. The lowest BCUT2D eigenvalue weighted by Crippen LogP contribution is -2.25. The van der Waals surface area contributed by atoms with Gasteiger partial charge in [0.15, 0.2) is 6.10 Å². The summed E-state index contributed by atoms with van der Waals surface area (Å²) in [6, 6.07) is 18.3. The van der Waals surface area contributed by atoms with E-state index in [2.05, 4.69) is 5.10 Å². The molecule has 3 aromatic rings. The minimum Gasteiger partial charge on any atom is -0.479 e. The molecule has 0 aliphatic heterocycles. The van der Waals surface area contributed by atoms with Crippen LogP contribution in [0, 0.1) is 11.3 Å². The number of rotatable bonds is 6. The Kier molecular flexibility index (Phi) is 5.30. The number of carbonyl (C=O) groups is 1. The lowest BCUT2D eigenvalue weighted by atomic mass is 10.2. The van der Waals surface area contributed by atoms with Gasteiger partial charge in [0.2, 0.25) is 0 Å². The third kappa shape index (κ3) is 4.28. The number of ether oxygens (including phenoxy) is 2. The topological polar surface area (TPSA) is 77.1 Å². The number of para-hydroxylation sites is 1. The summed E-state index contributed by atoms with van der Waals surface area (Å²) in [6.45, 7) is 1.74. The zero-order valence-corrected chi connectivity index (χ0v) is 14.2. The van der Waals surface area contributed by atoms with Crippen molar-refractivity contribution >= 4 is 5.97 Å². The van der Waals surface area contributed by atoms with Gasteiger partial charge in [0.05, 0.1) is 23.5 Å². The van der Waals surface area contributed by atoms with E-state index in [9.17, 15) is 4.79 Å². The molecule has 0 unspecified atom stereocenters. The molecule has 6 heteroatoms. The molecular formula is C20H17N3O3. The van der Waals surface area contributed by atoms with Gasteiger partial charge in [-0.3, -0.25) is 0 Å². The zero-order chi connectivity index (χ0) is 18.4. The first-order valence-electron chi connectivity index (χ1n) is 8.08. The van der Waals surface area contributed by atoms with Gasteiger partial charge in [-0.2, -0.15) is 10.4 Å². The minimum absolute atomic E-state index is 0.118. The molecule has 0 fully saturated rings. The van der Waals surface area contributed by atoms with Crippen LogP contribution in [0.25, 0.3) is 5.69 Å². The summed E-state index contributed by atoms with van der Waals surface area (Å²) in [5, 5.41) is 13.0. The maximum Gasteiger partial charge on any atom is 0.347 e. The van der Waals surface area contributed by atoms with E-state index in [0.29, 0.717) is 11.3 Å². The number of aromatic nitrogens is 2. The Bertz CT molecular complexity index is 911. The molecular weight excluding hydrogens is 330 g/mol. The third-order valence-corrected chi connectivity index (χ3v) is 3.67. The third-order valence-electron chi connectivity index (χ3n) is 3.67. The Labute approximate surface area is 151 Å². The van der Waals surface area contributed by atoms with E-state index in [1.165, 1.54) is 0 Å². The van der Waals surface area contributed by atoms with Gasteiger partial charge >= 0.3 is 5.97 Å². The van der Waals surface area contributed by atoms with Crippen molar-refractivity contribution in [3.05, 3.63) is 78.1 Å². The molecule has 0 bridgehead atoms. The summed E-state index contributed by atoms with van der Waals surface area (Å²) < 4.78 is 12.5. The van der Waals surface area contributed by atoms with Crippen LogP contribution in [0.2, 0.25) is 0 Å². The van der Waals surface area contributed by atoms with E-state index in [1.54, 1.807) is 42.1 Å². The standard InChI is InChI=1S/C20H17N3O3/c1-15(26-19-9-7-16(11-21)8-10-19)20(24)25-14-17-12-22-23(13-17)18-5-3-2-4-6-18/h2-10,12-13,15H,14H2,1H3/t15-/m1/s1. The first-order valence-corrected chi connectivity index (χ1v) is 8.08. The van der Waals surface area contributed by atoms with Gasteiger partial charge in [0, 0.05) is 11.8 Å². The fourth-order valence-corrected chi connectivity index (χ4v) is 2.29. The van der Waals surface area contributed by atoms with E-state index >= 15 is 0 Å².